The van der Waals surface area contributed by atoms with E-state index in [0.717, 1.165) is 34.4 Å². The summed E-state index contributed by atoms with van der Waals surface area (Å²) < 4.78 is 11.2. The van der Waals surface area contributed by atoms with E-state index in [4.69, 9.17) is 14.1 Å². The van der Waals surface area contributed by atoms with Crippen LogP contribution in [-0.4, -0.2) is 18.8 Å². The molecule has 1 N–H and O–H groups in total. The Morgan fingerprint density at radius 1 is 1.08 bits per heavy atom. The van der Waals surface area contributed by atoms with Gasteiger partial charge >= 0.3 is 0 Å². The van der Waals surface area contributed by atoms with E-state index < -0.39 is 0 Å². The summed E-state index contributed by atoms with van der Waals surface area (Å²) in [7, 11) is 1.64. The van der Waals surface area contributed by atoms with Crippen molar-refractivity contribution in [3.63, 3.8) is 0 Å². The summed E-state index contributed by atoms with van der Waals surface area (Å²) >= 11 is 0. The molecule has 0 spiro atoms. The fraction of sp³-hybridized carbons (Fsp3) is 0.250. The summed E-state index contributed by atoms with van der Waals surface area (Å²) in [5.41, 5.74) is 1.65. The van der Waals surface area contributed by atoms with Crippen LogP contribution >= 0.6 is 0 Å². The maximum Gasteiger partial charge on any atom is 0.137 e. The van der Waals surface area contributed by atoms with Crippen LogP contribution in [0.15, 0.2) is 57.9 Å². The van der Waals surface area contributed by atoms with E-state index in [0.29, 0.717) is 11.5 Å². The lowest BCUT2D eigenvalue weighted by molar-refractivity contribution is 0.415. The number of fused-ring (bicyclic) bond motifs is 1. The highest BCUT2D eigenvalue weighted by atomic mass is 16.5. The molecule has 0 saturated carbocycles. The van der Waals surface area contributed by atoms with Crippen LogP contribution in [0.2, 0.25) is 0 Å². The van der Waals surface area contributed by atoms with Crippen LogP contribution < -0.4 is 10.1 Å². The summed E-state index contributed by atoms with van der Waals surface area (Å²) in [6.07, 6.45) is 0. The molecule has 0 saturated heterocycles. The number of rotatable bonds is 4. The van der Waals surface area contributed by atoms with Gasteiger partial charge in [-0.1, -0.05) is 13.8 Å². The molecule has 3 rings (SSSR count). The van der Waals surface area contributed by atoms with Crippen molar-refractivity contribution in [2.75, 3.05) is 13.7 Å². The Morgan fingerprint density at radius 3 is 2.50 bits per heavy atom. The Balaban J connectivity index is 2.18. The van der Waals surface area contributed by atoms with E-state index >= 15 is 0 Å². The van der Waals surface area contributed by atoms with Gasteiger partial charge in [-0.2, -0.15) is 0 Å². The van der Waals surface area contributed by atoms with Gasteiger partial charge in [0.15, 0.2) is 0 Å². The van der Waals surface area contributed by atoms with Gasteiger partial charge in [0.1, 0.15) is 22.8 Å². The van der Waals surface area contributed by atoms with Crippen molar-refractivity contribution in [2.45, 2.75) is 13.8 Å². The molecule has 0 aliphatic carbocycles. The standard InChI is InChI=1S/C20H21NO3/c1-13(2)12-21-18-11-20(14-4-7-16(23-3)8-5-14)24-19-9-6-15(22)10-17(18)19/h4-11,13,22H,12H2,1-3H3. The smallest absolute Gasteiger partial charge is 0.137 e. The highest BCUT2D eigenvalue weighted by Gasteiger charge is 2.07. The molecule has 1 heterocycles. The van der Waals surface area contributed by atoms with Gasteiger partial charge in [0.25, 0.3) is 0 Å². The fourth-order valence-electron chi connectivity index (χ4n) is 2.47. The molecule has 0 aliphatic rings. The number of aromatic hydroxyl groups is 1. The molecule has 2 aromatic carbocycles. The summed E-state index contributed by atoms with van der Waals surface area (Å²) in [5.74, 6) is 2.20. The molecule has 0 amide bonds. The number of hydrogen-bond donors (Lipinski definition) is 1. The summed E-state index contributed by atoms with van der Waals surface area (Å²) in [6.45, 7) is 4.97. The molecule has 1 aromatic heterocycles. The topological polar surface area (TPSA) is 55.0 Å². The normalized spacial score (nSPS) is 12.1. The maximum atomic E-state index is 9.78. The lowest BCUT2D eigenvalue weighted by atomic mass is 10.1. The zero-order chi connectivity index (χ0) is 17.1. The van der Waals surface area contributed by atoms with E-state index in [-0.39, 0.29) is 5.75 Å². The number of ether oxygens (including phenoxy) is 1. The van der Waals surface area contributed by atoms with E-state index in [1.807, 2.05) is 30.3 Å². The first-order valence-electron chi connectivity index (χ1n) is 7.98. The van der Waals surface area contributed by atoms with Crippen LogP contribution in [0.3, 0.4) is 0 Å². The first kappa shape index (κ1) is 16.1. The molecule has 0 atom stereocenters. The number of methoxy groups -OCH3 is 1. The van der Waals surface area contributed by atoms with Crippen molar-refractivity contribution < 1.29 is 14.3 Å². The third-order valence-electron chi connectivity index (χ3n) is 3.73. The Morgan fingerprint density at radius 2 is 1.83 bits per heavy atom. The summed E-state index contributed by atoms with van der Waals surface area (Å²) in [6, 6.07) is 14.7. The van der Waals surface area contributed by atoms with Gasteiger partial charge in [0.2, 0.25) is 0 Å². The zero-order valence-electron chi connectivity index (χ0n) is 14.1. The molecule has 0 fully saturated rings. The van der Waals surface area contributed by atoms with Crippen LogP contribution in [0.5, 0.6) is 11.5 Å². The predicted octanol–water partition coefficient (Wildman–Crippen LogP) is 4.37. The minimum absolute atomic E-state index is 0.205. The van der Waals surface area contributed by atoms with Gasteiger partial charge in [-0.25, -0.2) is 0 Å². The van der Waals surface area contributed by atoms with E-state index in [1.54, 1.807) is 25.3 Å². The molecule has 0 bridgehead atoms. The second-order valence-corrected chi connectivity index (χ2v) is 6.14. The second-order valence-electron chi connectivity index (χ2n) is 6.14. The van der Waals surface area contributed by atoms with Crippen LogP contribution in [0.1, 0.15) is 13.8 Å². The van der Waals surface area contributed by atoms with E-state index in [9.17, 15) is 5.11 Å². The van der Waals surface area contributed by atoms with E-state index in [2.05, 4.69) is 13.8 Å². The lowest BCUT2D eigenvalue weighted by Crippen LogP contribution is -2.07. The van der Waals surface area contributed by atoms with Gasteiger partial charge in [-0.05, 0) is 48.4 Å². The average molecular weight is 323 g/mol. The van der Waals surface area contributed by atoms with Crippen LogP contribution in [0.25, 0.3) is 22.3 Å². The van der Waals surface area contributed by atoms with Crippen LogP contribution in [-0.2, 0) is 0 Å². The molecule has 3 aromatic rings. The number of benzene rings is 2. The predicted molar refractivity (Wildman–Crippen MR) is 95.1 cm³/mol. The van der Waals surface area contributed by atoms with Gasteiger partial charge in [-0.15, -0.1) is 0 Å². The third kappa shape index (κ3) is 3.43. The molecule has 4 nitrogen and oxygen atoms in total. The largest absolute Gasteiger partial charge is 0.508 e. The maximum absolute atomic E-state index is 9.78. The zero-order valence-corrected chi connectivity index (χ0v) is 14.1. The van der Waals surface area contributed by atoms with Crippen molar-refractivity contribution in [1.82, 2.24) is 0 Å². The molecule has 124 valence electrons. The fourth-order valence-corrected chi connectivity index (χ4v) is 2.47. The molecule has 0 aliphatic heterocycles. The summed E-state index contributed by atoms with van der Waals surface area (Å²) in [5, 5.41) is 11.4. The molecular weight excluding hydrogens is 302 g/mol. The Hall–Kier alpha value is -2.75. The minimum Gasteiger partial charge on any atom is -0.508 e. The Kier molecular flexibility index (Phi) is 4.56. The second kappa shape index (κ2) is 6.79. The minimum atomic E-state index is 0.205. The highest BCUT2D eigenvalue weighted by molar-refractivity contribution is 5.80. The van der Waals surface area contributed by atoms with Crippen LogP contribution in [0, 0.1) is 5.92 Å². The van der Waals surface area contributed by atoms with Gasteiger partial charge in [0.05, 0.1) is 12.5 Å². The number of hydrogen-bond acceptors (Lipinski definition) is 4. The average Bonchev–Trinajstić information content (AvgIpc) is 2.59. The van der Waals surface area contributed by atoms with Crippen molar-refractivity contribution >= 4 is 11.0 Å². The third-order valence-corrected chi connectivity index (χ3v) is 3.73. The Bertz CT molecular complexity index is 908. The lowest BCUT2D eigenvalue weighted by Gasteiger charge is -2.07. The first-order chi connectivity index (χ1) is 11.6. The van der Waals surface area contributed by atoms with Gasteiger partial charge in [0, 0.05) is 23.6 Å². The molecular formula is C20H21NO3. The molecule has 0 radical (unpaired) electrons. The SMILES string of the molecule is COc1ccc(-c2cc(=NCC(C)C)c3cc(O)ccc3o2)cc1. The van der Waals surface area contributed by atoms with Gasteiger partial charge < -0.3 is 14.3 Å². The molecule has 4 heteroatoms. The van der Waals surface area contributed by atoms with E-state index in [1.165, 1.54) is 0 Å². The van der Waals surface area contributed by atoms with Crippen molar-refractivity contribution in [1.29, 1.82) is 0 Å². The molecule has 24 heavy (non-hydrogen) atoms. The highest BCUT2D eigenvalue weighted by Crippen LogP contribution is 2.25. The number of phenols is 1. The number of phenolic OH excluding ortho intramolecular Hbond substituents is 1. The monoisotopic (exact) mass is 323 g/mol. The first-order valence-corrected chi connectivity index (χ1v) is 7.98. The number of nitrogens with zero attached hydrogens (tertiary/aromatic N) is 1. The van der Waals surface area contributed by atoms with Crippen LogP contribution in [0.4, 0.5) is 0 Å². The Labute approximate surface area is 141 Å². The molecule has 0 unspecified atom stereocenters. The van der Waals surface area contributed by atoms with Gasteiger partial charge in [-0.3, -0.25) is 4.99 Å². The van der Waals surface area contributed by atoms with Crippen molar-refractivity contribution in [2.24, 2.45) is 10.9 Å². The van der Waals surface area contributed by atoms with Crippen molar-refractivity contribution in [3.8, 4) is 22.8 Å². The summed E-state index contributed by atoms with van der Waals surface area (Å²) in [4.78, 5) is 4.70. The quantitative estimate of drug-likeness (QED) is 0.775. The van der Waals surface area contributed by atoms with Crippen molar-refractivity contribution in [3.05, 3.63) is 53.9 Å².